The van der Waals surface area contributed by atoms with Gasteiger partial charge in [-0.3, -0.25) is 9.59 Å². The summed E-state index contributed by atoms with van der Waals surface area (Å²) in [4.78, 5) is 33.8. The highest BCUT2D eigenvalue weighted by atomic mass is 32.1. The lowest BCUT2D eigenvalue weighted by atomic mass is 10.2. The lowest BCUT2D eigenvalue weighted by Gasteiger charge is -2.12. The Morgan fingerprint density at radius 1 is 1.43 bits per heavy atom. The fourth-order valence-electron chi connectivity index (χ4n) is 2.28. The topological polar surface area (TPSA) is 94.7 Å². The minimum absolute atomic E-state index is 0.0119. The van der Waals surface area contributed by atoms with Crippen LogP contribution in [0.1, 0.15) is 28.2 Å². The number of hydrogen-bond acceptors (Lipinski definition) is 6. The molecule has 0 saturated heterocycles. The van der Waals surface area contributed by atoms with E-state index in [1.807, 2.05) is 6.92 Å². The molecule has 0 aliphatic heterocycles. The molecule has 23 heavy (non-hydrogen) atoms. The smallest absolute Gasteiger partial charge is 0.262 e. The number of carbonyl (C=O) groups excluding carboxylic acids is 1. The molecule has 0 aliphatic rings. The molecule has 1 atom stereocenters. The van der Waals surface area contributed by atoms with E-state index in [2.05, 4.69) is 20.4 Å². The molecule has 8 nitrogen and oxygen atoms in total. The van der Waals surface area contributed by atoms with E-state index in [4.69, 9.17) is 0 Å². The van der Waals surface area contributed by atoms with Crippen molar-refractivity contribution in [1.82, 2.24) is 29.6 Å². The highest BCUT2D eigenvalue weighted by Crippen LogP contribution is 2.26. The first-order valence-corrected chi connectivity index (χ1v) is 7.87. The molecule has 3 rings (SSSR count). The first-order chi connectivity index (χ1) is 11.0. The van der Waals surface area contributed by atoms with E-state index in [0.29, 0.717) is 27.2 Å². The SMILES string of the molecule is Cc1c(C(=O)NC[C@@H](C)n2cncn2)sc2ncn(C)c(=O)c12. The molecule has 0 spiro atoms. The maximum atomic E-state index is 12.4. The van der Waals surface area contributed by atoms with Gasteiger partial charge in [0.25, 0.3) is 11.5 Å². The normalized spacial score (nSPS) is 12.5. The quantitative estimate of drug-likeness (QED) is 0.765. The lowest BCUT2D eigenvalue weighted by molar-refractivity contribution is 0.0951. The van der Waals surface area contributed by atoms with Crippen molar-refractivity contribution in [1.29, 1.82) is 0 Å². The Morgan fingerprint density at radius 2 is 2.22 bits per heavy atom. The Kier molecular flexibility index (Phi) is 3.95. The summed E-state index contributed by atoms with van der Waals surface area (Å²) in [5.41, 5.74) is 0.531. The molecular weight excluding hydrogens is 316 g/mol. The van der Waals surface area contributed by atoms with Gasteiger partial charge in [0.15, 0.2) is 0 Å². The molecule has 0 bridgehead atoms. The van der Waals surface area contributed by atoms with Crippen molar-refractivity contribution < 1.29 is 4.79 Å². The molecule has 0 fully saturated rings. The van der Waals surface area contributed by atoms with Gasteiger partial charge >= 0.3 is 0 Å². The summed E-state index contributed by atoms with van der Waals surface area (Å²) in [6.45, 7) is 4.13. The molecule has 9 heteroatoms. The van der Waals surface area contributed by atoms with Gasteiger partial charge in [-0.1, -0.05) is 0 Å². The van der Waals surface area contributed by atoms with E-state index >= 15 is 0 Å². The van der Waals surface area contributed by atoms with Gasteiger partial charge in [-0.2, -0.15) is 5.10 Å². The second kappa shape index (κ2) is 5.92. The highest BCUT2D eigenvalue weighted by molar-refractivity contribution is 7.20. The van der Waals surface area contributed by atoms with E-state index in [0.717, 1.165) is 0 Å². The van der Waals surface area contributed by atoms with Crippen LogP contribution in [-0.2, 0) is 7.05 Å². The van der Waals surface area contributed by atoms with Gasteiger partial charge in [-0.15, -0.1) is 11.3 Å². The first-order valence-electron chi connectivity index (χ1n) is 7.06. The predicted octanol–water partition coefficient (Wildman–Crippen LogP) is 0.886. The van der Waals surface area contributed by atoms with Gasteiger partial charge in [-0.25, -0.2) is 14.6 Å². The fourth-order valence-corrected chi connectivity index (χ4v) is 3.34. The molecule has 0 unspecified atom stereocenters. The standard InChI is InChI=1S/C14H16N6O2S/c1-8(20-6-15-5-18-20)4-16-12(21)11-9(2)10-13(23-11)17-7-19(3)14(10)22/h5-8H,4H2,1-3H3,(H,16,21)/t8-/m1/s1. The minimum atomic E-state index is -0.209. The number of fused-ring (bicyclic) bond motifs is 1. The van der Waals surface area contributed by atoms with E-state index in [1.165, 1.54) is 28.6 Å². The number of hydrogen-bond donors (Lipinski definition) is 1. The Labute approximate surface area is 135 Å². The van der Waals surface area contributed by atoms with Crippen LogP contribution in [0.15, 0.2) is 23.8 Å². The van der Waals surface area contributed by atoms with E-state index in [-0.39, 0.29) is 17.5 Å². The summed E-state index contributed by atoms with van der Waals surface area (Å²) in [6.07, 6.45) is 4.53. The van der Waals surface area contributed by atoms with Gasteiger partial charge < -0.3 is 9.88 Å². The summed E-state index contributed by atoms with van der Waals surface area (Å²) in [6, 6.07) is -0.0119. The number of thiophene rings is 1. The van der Waals surface area contributed by atoms with Crippen molar-refractivity contribution in [3.05, 3.63) is 39.8 Å². The Morgan fingerprint density at radius 3 is 2.91 bits per heavy atom. The molecule has 0 saturated carbocycles. The molecule has 0 radical (unpaired) electrons. The maximum Gasteiger partial charge on any atom is 0.262 e. The van der Waals surface area contributed by atoms with Gasteiger partial charge in [0.05, 0.1) is 22.6 Å². The van der Waals surface area contributed by atoms with Crippen LogP contribution in [0, 0.1) is 6.92 Å². The molecule has 3 aromatic rings. The summed E-state index contributed by atoms with van der Waals surface area (Å²) >= 11 is 1.23. The van der Waals surface area contributed by atoms with Crippen molar-refractivity contribution in [2.24, 2.45) is 7.05 Å². The summed E-state index contributed by atoms with van der Waals surface area (Å²) in [5, 5.41) is 7.42. The van der Waals surface area contributed by atoms with E-state index < -0.39 is 0 Å². The van der Waals surface area contributed by atoms with Gasteiger partial charge in [0.1, 0.15) is 17.5 Å². The van der Waals surface area contributed by atoms with Crippen LogP contribution in [0.3, 0.4) is 0 Å². The molecule has 3 heterocycles. The third kappa shape index (κ3) is 2.74. The average molecular weight is 332 g/mol. The van der Waals surface area contributed by atoms with Crippen LogP contribution in [0.25, 0.3) is 10.2 Å². The number of nitrogens with one attached hydrogen (secondary N) is 1. The van der Waals surface area contributed by atoms with Crippen molar-refractivity contribution in [2.75, 3.05) is 6.54 Å². The average Bonchev–Trinajstić information content (AvgIpc) is 3.17. The van der Waals surface area contributed by atoms with Crippen molar-refractivity contribution in [3.63, 3.8) is 0 Å². The number of aryl methyl sites for hydroxylation is 2. The highest BCUT2D eigenvalue weighted by Gasteiger charge is 2.19. The summed E-state index contributed by atoms with van der Waals surface area (Å²) < 4.78 is 3.09. The van der Waals surface area contributed by atoms with Crippen LogP contribution < -0.4 is 10.9 Å². The number of rotatable bonds is 4. The number of nitrogens with zero attached hydrogens (tertiary/aromatic N) is 5. The maximum absolute atomic E-state index is 12.4. The van der Waals surface area contributed by atoms with Crippen molar-refractivity contribution in [3.8, 4) is 0 Å². The zero-order valence-electron chi connectivity index (χ0n) is 13.0. The monoisotopic (exact) mass is 332 g/mol. The fraction of sp³-hybridized carbons (Fsp3) is 0.357. The van der Waals surface area contributed by atoms with Crippen molar-refractivity contribution in [2.45, 2.75) is 19.9 Å². The second-order valence-corrected chi connectivity index (χ2v) is 6.33. The van der Waals surface area contributed by atoms with Crippen LogP contribution in [-0.4, -0.2) is 36.8 Å². The third-order valence-electron chi connectivity index (χ3n) is 3.66. The van der Waals surface area contributed by atoms with Crippen molar-refractivity contribution >= 4 is 27.5 Å². The first kappa shape index (κ1) is 15.3. The predicted molar refractivity (Wildman–Crippen MR) is 86.7 cm³/mol. The second-order valence-electron chi connectivity index (χ2n) is 5.33. The van der Waals surface area contributed by atoms with Crippen LogP contribution in [0.4, 0.5) is 0 Å². The van der Waals surface area contributed by atoms with Gasteiger partial charge in [0.2, 0.25) is 0 Å². The minimum Gasteiger partial charge on any atom is -0.349 e. The molecule has 0 aliphatic carbocycles. The lowest BCUT2D eigenvalue weighted by Crippen LogP contribution is -2.29. The third-order valence-corrected chi connectivity index (χ3v) is 4.86. The van der Waals surface area contributed by atoms with Gasteiger partial charge in [-0.05, 0) is 19.4 Å². The molecule has 3 aromatic heterocycles. The molecule has 1 amide bonds. The Bertz CT molecular complexity index is 911. The van der Waals surface area contributed by atoms with E-state index in [1.54, 1.807) is 25.0 Å². The summed E-state index contributed by atoms with van der Waals surface area (Å²) in [7, 11) is 1.64. The summed E-state index contributed by atoms with van der Waals surface area (Å²) in [5.74, 6) is -0.209. The van der Waals surface area contributed by atoms with E-state index in [9.17, 15) is 9.59 Å². The van der Waals surface area contributed by atoms with Crippen LogP contribution in [0.5, 0.6) is 0 Å². The molecule has 0 aromatic carbocycles. The Balaban J connectivity index is 1.83. The zero-order chi connectivity index (χ0) is 16.6. The van der Waals surface area contributed by atoms with Gasteiger partial charge in [0, 0.05) is 13.6 Å². The van der Waals surface area contributed by atoms with Crippen LogP contribution >= 0.6 is 11.3 Å². The molecular formula is C14H16N6O2S. The zero-order valence-corrected chi connectivity index (χ0v) is 13.8. The Hall–Kier alpha value is -2.55. The largest absolute Gasteiger partial charge is 0.349 e. The molecule has 120 valence electrons. The number of aromatic nitrogens is 5. The number of carbonyl (C=O) groups is 1. The molecule has 1 N–H and O–H groups in total. The number of amides is 1. The van der Waals surface area contributed by atoms with Crippen LogP contribution in [0.2, 0.25) is 0 Å².